The fraction of sp³-hybridized carbons (Fsp3) is 0.172. The summed E-state index contributed by atoms with van der Waals surface area (Å²) in [6.45, 7) is 2.03. The number of non-ortho nitro benzene ring substituents is 1. The Hall–Kier alpha value is -5.32. The molecule has 2 N–H and O–H groups in total. The second-order valence-electron chi connectivity index (χ2n) is 9.11. The summed E-state index contributed by atoms with van der Waals surface area (Å²) in [5, 5.41) is 17.4. The number of nitrogens with zero attached hydrogens (tertiary/aromatic N) is 2. The van der Waals surface area contributed by atoms with Gasteiger partial charge in [-0.15, -0.1) is 0 Å². The van der Waals surface area contributed by atoms with Crippen molar-refractivity contribution in [3.63, 3.8) is 0 Å². The van der Waals surface area contributed by atoms with E-state index in [1.165, 1.54) is 30.3 Å². The average molecular weight is 541 g/mol. The SMILES string of the molecule is CCOC(=O)CCCN1C(=O)c2ccc(NC(=C3C(=O)Nc4ccc([N+](=O)[O-])cc43)c3ccccc3)cc2C1=O. The highest BCUT2D eigenvalue weighted by molar-refractivity contribution is 6.37. The highest BCUT2D eigenvalue weighted by atomic mass is 16.6. The molecule has 40 heavy (non-hydrogen) atoms. The van der Waals surface area contributed by atoms with E-state index < -0.39 is 28.6 Å². The number of nitro benzene ring substituents is 1. The molecule has 202 valence electrons. The zero-order chi connectivity index (χ0) is 28.4. The number of imide groups is 1. The van der Waals surface area contributed by atoms with Gasteiger partial charge in [-0.2, -0.15) is 0 Å². The van der Waals surface area contributed by atoms with Gasteiger partial charge in [0, 0.05) is 42.0 Å². The monoisotopic (exact) mass is 540 g/mol. The number of hydrogen-bond acceptors (Lipinski definition) is 8. The molecule has 0 fully saturated rings. The number of nitro groups is 1. The summed E-state index contributed by atoms with van der Waals surface area (Å²) in [5.41, 5.74) is 2.72. The molecule has 3 amide bonds. The third kappa shape index (κ3) is 4.92. The number of esters is 1. The summed E-state index contributed by atoms with van der Waals surface area (Å²) >= 11 is 0. The summed E-state index contributed by atoms with van der Waals surface area (Å²) in [4.78, 5) is 62.7. The normalized spacial score (nSPS) is 14.9. The van der Waals surface area contributed by atoms with E-state index in [1.807, 2.05) is 6.07 Å². The highest BCUT2D eigenvalue weighted by Gasteiger charge is 2.36. The Morgan fingerprint density at radius 2 is 1.73 bits per heavy atom. The van der Waals surface area contributed by atoms with Crippen LogP contribution in [0, 0.1) is 10.1 Å². The van der Waals surface area contributed by atoms with Crippen molar-refractivity contribution in [2.24, 2.45) is 0 Å². The van der Waals surface area contributed by atoms with Gasteiger partial charge in [-0.25, -0.2) is 0 Å². The van der Waals surface area contributed by atoms with Crippen molar-refractivity contribution in [2.75, 3.05) is 23.8 Å². The lowest BCUT2D eigenvalue weighted by molar-refractivity contribution is -0.384. The van der Waals surface area contributed by atoms with Gasteiger partial charge in [0.1, 0.15) is 0 Å². The van der Waals surface area contributed by atoms with Crippen molar-refractivity contribution in [2.45, 2.75) is 19.8 Å². The summed E-state index contributed by atoms with van der Waals surface area (Å²) in [6, 6.07) is 17.8. The molecule has 0 saturated carbocycles. The summed E-state index contributed by atoms with van der Waals surface area (Å²) in [5.74, 6) is -1.77. The Kier molecular flexibility index (Phi) is 7.11. The molecule has 0 atom stereocenters. The molecule has 2 aliphatic rings. The maximum absolute atomic E-state index is 13.1. The van der Waals surface area contributed by atoms with Crippen LogP contribution in [0.15, 0.2) is 66.7 Å². The van der Waals surface area contributed by atoms with Crippen LogP contribution in [-0.2, 0) is 14.3 Å². The first-order valence-electron chi connectivity index (χ1n) is 12.6. The molecule has 2 heterocycles. The second-order valence-corrected chi connectivity index (χ2v) is 9.11. The number of fused-ring (bicyclic) bond motifs is 2. The minimum Gasteiger partial charge on any atom is -0.466 e. The molecule has 0 bridgehead atoms. The molecule has 0 radical (unpaired) electrons. The minimum atomic E-state index is -0.530. The fourth-order valence-electron chi connectivity index (χ4n) is 4.73. The van der Waals surface area contributed by atoms with Crippen LogP contribution in [0.2, 0.25) is 0 Å². The molecular weight excluding hydrogens is 516 g/mol. The molecule has 0 aliphatic carbocycles. The van der Waals surface area contributed by atoms with E-state index in [0.29, 0.717) is 28.2 Å². The van der Waals surface area contributed by atoms with E-state index in [-0.39, 0.29) is 48.4 Å². The van der Waals surface area contributed by atoms with Crippen molar-refractivity contribution in [1.82, 2.24) is 4.90 Å². The average Bonchev–Trinajstić information content (AvgIpc) is 3.39. The van der Waals surface area contributed by atoms with Crippen molar-refractivity contribution in [3.05, 3.63) is 99.1 Å². The molecule has 0 spiro atoms. The van der Waals surface area contributed by atoms with Gasteiger partial charge in [-0.3, -0.25) is 34.2 Å². The predicted molar refractivity (Wildman–Crippen MR) is 146 cm³/mol. The molecule has 0 unspecified atom stereocenters. The van der Waals surface area contributed by atoms with E-state index >= 15 is 0 Å². The van der Waals surface area contributed by atoms with Gasteiger partial charge >= 0.3 is 5.97 Å². The quantitative estimate of drug-likeness (QED) is 0.133. The molecule has 11 nitrogen and oxygen atoms in total. The van der Waals surface area contributed by atoms with E-state index in [4.69, 9.17) is 4.74 Å². The minimum absolute atomic E-state index is 0.0724. The summed E-state index contributed by atoms with van der Waals surface area (Å²) < 4.78 is 4.90. The molecule has 3 aromatic carbocycles. The van der Waals surface area contributed by atoms with E-state index in [0.717, 1.165) is 4.90 Å². The van der Waals surface area contributed by atoms with Gasteiger partial charge in [0.25, 0.3) is 23.4 Å². The van der Waals surface area contributed by atoms with Crippen molar-refractivity contribution >= 4 is 52.0 Å². The van der Waals surface area contributed by atoms with Crippen molar-refractivity contribution < 1.29 is 28.8 Å². The number of carbonyl (C=O) groups excluding carboxylic acids is 4. The van der Waals surface area contributed by atoms with Crippen LogP contribution in [0.5, 0.6) is 0 Å². The maximum atomic E-state index is 13.1. The van der Waals surface area contributed by atoms with E-state index in [2.05, 4.69) is 10.6 Å². The molecular formula is C29H24N4O7. The number of amides is 3. The standard InChI is InChI=1S/C29H24N4O7/c1-2-40-24(34)9-6-14-32-28(36)20-12-10-18(15-21(20)29(32)37)30-26(17-7-4-3-5-8-17)25-22-16-19(33(38)39)11-13-23(22)31-27(25)35/h3-5,7-8,10-13,15-16,30H,2,6,9,14H2,1H3,(H,31,35). The lowest BCUT2D eigenvalue weighted by Gasteiger charge is -2.15. The number of benzene rings is 3. The van der Waals surface area contributed by atoms with Gasteiger partial charge in [0.15, 0.2) is 0 Å². The molecule has 2 aliphatic heterocycles. The number of rotatable bonds is 9. The molecule has 11 heteroatoms. The zero-order valence-corrected chi connectivity index (χ0v) is 21.4. The maximum Gasteiger partial charge on any atom is 0.305 e. The van der Waals surface area contributed by atoms with Crippen LogP contribution in [0.4, 0.5) is 17.1 Å². The first kappa shape index (κ1) is 26.3. The second kappa shape index (κ2) is 10.8. The number of ether oxygens (including phenoxy) is 1. The third-order valence-electron chi connectivity index (χ3n) is 6.58. The zero-order valence-electron chi connectivity index (χ0n) is 21.4. The van der Waals surface area contributed by atoms with Gasteiger partial charge in [-0.1, -0.05) is 30.3 Å². The lowest BCUT2D eigenvalue weighted by Crippen LogP contribution is -2.31. The summed E-state index contributed by atoms with van der Waals surface area (Å²) in [7, 11) is 0. The molecule has 0 saturated heterocycles. The number of carbonyl (C=O) groups is 4. The van der Waals surface area contributed by atoms with Crippen molar-refractivity contribution in [1.29, 1.82) is 0 Å². The Balaban J connectivity index is 1.49. The molecule has 0 aromatic heterocycles. The first-order chi connectivity index (χ1) is 19.3. The van der Waals surface area contributed by atoms with Gasteiger partial charge in [-0.05, 0) is 43.2 Å². The van der Waals surface area contributed by atoms with Gasteiger partial charge in [0.05, 0.1) is 33.9 Å². The van der Waals surface area contributed by atoms with Crippen LogP contribution in [0.25, 0.3) is 11.3 Å². The topological polar surface area (TPSA) is 148 Å². The van der Waals surface area contributed by atoms with Gasteiger partial charge in [0.2, 0.25) is 0 Å². The Morgan fingerprint density at radius 3 is 2.45 bits per heavy atom. The van der Waals surface area contributed by atoms with Crippen LogP contribution in [0.1, 0.15) is 51.6 Å². The van der Waals surface area contributed by atoms with Gasteiger partial charge < -0.3 is 15.4 Å². The smallest absolute Gasteiger partial charge is 0.305 e. The van der Waals surface area contributed by atoms with E-state index in [1.54, 1.807) is 37.3 Å². The van der Waals surface area contributed by atoms with E-state index in [9.17, 15) is 29.3 Å². The largest absolute Gasteiger partial charge is 0.466 e. The van der Waals surface area contributed by atoms with Crippen LogP contribution in [0.3, 0.4) is 0 Å². The third-order valence-corrected chi connectivity index (χ3v) is 6.58. The Bertz CT molecular complexity index is 1600. The molecule has 5 rings (SSSR count). The van der Waals surface area contributed by atoms with Crippen LogP contribution in [-0.4, -0.2) is 46.7 Å². The Morgan fingerprint density at radius 1 is 0.975 bits per heavy atom. The van der Waals surface area contributed by atoms with Crippen LogP contribution >= 0.6 is 0 Å². The van der Waals surface area contributed by atoms with Crippen LogP contribution < -0.4 is 10.6 Å². The highest BCUT2D eigenvalue weighted by Crippen LogP contribution is 2.39. The van der Waals surface area contributed by atoms with Crippen molar-refractivity contribution in [3.8, 4) is 0 Å². The fourth-order valence-corrected chi connectivity index (χ4v) is 4.73. The number of nitrogens with one attached hydrogen (secondary N) is 2. The summed E-state index contributed by atoms with van der Waals surface area (Å²) in [6.07, 6.45) is 0.365. The first-order valence-corrected chi connectivity index (χ1v) is 12.6. The predicted octanol–water partition coefficient (Wildman–Crippen LogP) is 4.47. The molecule has 3 aromatic rings. The number of hydrogen-bond donors (Lipinski definition) is 2. The lowest BCUT2D eigenvalue weighted by atomic mass is 9.99. The number of anilines is 2. The Labute approximate surface area is 228 Å².